The second-order valence-electron chi connectivity index (χ2n) is 8.71. The van der Waals surface area contributed by atoms with Gasteiger partial charge in [-0.3, -0.25) is 9.69 Å². The zero-order valence-electron chi connectivity index (χ0n) is 20.1. The Kier molecular flexibility index (Phi) is 7.73. The Bertz CT molecular complexity index is 1410. The van der Waals surface area contributed by atoms with Gasteiger partial charge in [0.05, 0.1) is 6.26 Å². The Hall–Kier alpha value is -3.91. The van der Waals surface area contributed by atoms with Crippen LogP contribution in [0.2, 0.25) is 0 Å². The van der Waals surface area contributed by atoms with Crippen LogP contribution in [-0.2, 0) is 16.6 Å². The summed E-state index contributed by atoms with van der Waals surface area (Å²) in [5.41, 5.74) is 1.50. The summed E-state index contributed by atoms with van der Waals surface area (Å²) in [6, 6.07) is 13.6. The number of rotatable bonds is 7. The molecule has 0 bridgehead atoms. The summed E-state index contributed by atoms with van der Waals surface area (Å²) < 4.78 is 67.3. The van der Waals surface area contributed by atoms with Gasteiger partial charge in [-0.05, 0) is 59.2 Å². The Labute approximate surface area is 216 Å². The van der Waals surface area contributed by atoms with Gasteiger partial charge in [-0.2, -0.15) is 0 Å². The van der Waals surface area contributed by atoms with Gasteiger partial charge in [0, 0.05) is 32.7 Å². The molecular weight excluding hydrogens is 527 g/mol. The molecule has 1 aromatic heterocycles. The maximum Gasteiger partial charge on any atom is 0.573 e. The van der Waals surface area contributed by atoms with E-state index < -0.39 is 22.3 Å². The lowest BCUT2D eigenvalue weighted by molar-refractivity contribution is -0.274. The number of amides is 1. The van der Waals surface area contributed by atoms with E-state index >= 15 is 0 Å². The van der Waals surface area contributed by atoms with Gasteiger partial charge >= 0.3 is 6.36 Å². The lowest BCUT2D eigenvalue weighted by atomic mass is 10.0. The van der Waals surface area contributed by atoms with Crippen LogP contribution in [0.15, 0.2) is 54.6 Å². The van der Waals surface area contributed by atoms with E-state index in [2.05, 4.69) is 19.8 Å². The van der Waals surface area contributed by atoms with Crippen molar-refractivity contribution in [2.45, 2.75) is 12.9 Å². The molecule has 2 aromatic carbocycles. The van der Waals surface area contributed by atoms with Gasteiger partial charge in [0.15, 0.2) is 11.5 Å². The molecular formula is C24H24F3N5O5S. The van der Waals surface area contributed by atoms with E-state index in [1.807, 2.05) is 9.62 Å². The number of sulfonamides is 1. The number of piperazine rings is 1. The molecule has 38 heavy (non-hydrogen) atoms. The molecule has 0 saturated carbocycles. The van der Waals surface area contributed by atoms with Crippen molar-refractivity contribution in [2.24, 2.45) is 0 Å². The number of nitrogens with one attached hydrogen (secondary N) is 1. The molecule has 1 amide bonds. The number of phenolic OH excluding ortho intramolecular Hbond substituents is 1. The molecule has 14 heteroatoms. The first-order valence-electron chi connectivity index (χ1n) is 11.4. The number of hydrogen-bond acceptors (Lipinski definition) is 9. The number of hydrogen-bond donors (Lipinski definition) is 2. The van der Waals surface area contributed by atoms with Gasteiger partial charge in [-0.25, -0.2) is 13.1 Å². The van der Waals surface area contributed by atoms with E-state index in [1.165, 1.54) is 30.3 Å². The first-order chi connectivity index (χ1) is 17.8. The van der Waals surface area contributed by atoms with Gasteiger partial charge in [0.2, 0.25) is 10.0 Å². The molecule has 2 N–H and O–H groups in total. The standard InChI is InChI=1S/C24H24F3N5O5S/c1-38(35,36)30-23(34)21-5-6-22(29-28-21)32-9-7-31(8-10-32)15-16-11-18(17-3-2-4-19(33)13-17)14-20(12-16)37-24(25,26)27/h2-6,11-14,33H,7-10,15H2,1H3,(H,30,34). The fourth-order valence-corrected chi connectivity index (χ4v) is 4.47. The molecule has 10 nitrogen and oxygen atoms in total. The normalized spacial score (nSPS) is 14.8. The third kappa shape index (κ3) is 7.55. The number of alkyl halides is 3. The summed E-state index contributed by atoms with van der Waals surface area (Å²) in [7, 11) is -3.72. The van der Waals surface area contributed by atoms with Crippen LogP contribution < -0.4 is 14.4 Å². The van der Waals surface area contributed by atoms with Crippen LogP contribution in [0.25, 0.3) is 11.1 Å². The van der Waals surface area contributed by atoms with Crippen molar-refractivity contribution in [3.63, 3.8) is 0 Å². The smallest absolute Gasteiger partial charge is 0.508 e. The summed E-state index contributed by atoms with van der Waals surface area (Å²) in [4.78, 5) is 15.9. The minimum Gasteiger partial charge on any atom is -0.508 e. The predicted molar refractivity (Wildman–Crippen MR) is 132 cm³/mol. The molecule has 0 atom stereocenters. The van der Waals surface area contributed by atoms with Crippen LogP contribution in [0.3, 0.4) is 0 Å². The lowest BCUT2D eigenvalue weighted by Gasteiger charge is -2.35. The summed E-state index contributed by atoms with van der Waals surface area (Å²) in [5.74, 6) is -0.720. The van der Waals surface area contributed by atoms with Crippen molar-refractivity contribution < 1.29 is 36.2 Å². The summed E-state index contributed by atoms with van der Waals surface area (Å²) >= 11 is 0. The number of phenols is 1. The number of carbonyl (C=O) groups excluding carboxylic acids is 1. The molecule has 0 spiro atoms. The van der Waals surface area contributed by atoms with E-state index in [0.29, 0.717) is 55.2 Å². The number of ether oxygens (including phenoxy) is 1. The minimum absolute atomic E-state index is 0.00512. The van der Waals surface area contributed by atoms with Crippen molar-refractivity contribution in [2.75, 3.05) is 37.3 Å². The van der Waals surface area contributed by atoms with Crippen molar-refractivity contribution in [3.05, 3.63) is 65.9 Å². The van der Waals surface area contributed by atoms with E-state index in [9.17, 15) is 31.5 Å². The summed E-state index contributed by atoms with van der Waals surface area (Å²) in [6.45, 7) is 2.60. The molecule has 3 aromatic rings. The predicted octanol–water partition coefficient (Wildman–Crippen LogP) is 2.76. The van der Waals surface area contributed by atoms with Crippen LogP contribution in [0, 0.1) is 0 Å². The molecule has 0 radical (unpaired) electrons. The number of aromatic nitrogens is 2. The Morgan fingerprint density at radius 1 is 1.03 bits per heavy atom. The lowest BCUT2D eigenvalue weighted by Crippen LogP contribution is -2.46. The van der Waals surface area contributed by atoms with Crippen LogP contribution in [0.1, 0.15) is 16.1 Å². The van der Waals surface area contributed by atoms with Crippen LogP contribution in [0.5, 0.6) is 11.5 Å². The fraction of sp³-hybridized carbons (Fsp3) is 0.292. The van der Waals surface area contributed by atoms with Crippen LogP contribution >= 0.6 is 0 Å². The third-order valence-corrected chi connectivity index (χ3v) is 6.20. The average Bonchev–Trinajstić information content (AvgIpc) is 2.82. The zero-order valence-corrected chi connectivity index (χ0v) is 21.0. The maximum absolute atomic E-state index is 12.9. The average molecular weight is 552 g/mol. The van der Waals surface area contributed by atoms with Gasteiger partial charge in [0.1, 0.15) is 11.5 Å². The summed E-state index contributed by atoms with van der Waals surface area (Å²) in [5, 5.41) is 17.6. The van der Waals surface area contributed by atoms with E-state index in [4.69, 9.17) is 0 Å². The van der Waals surface area contributed by atoms with Crippen molar-refractivity contribution in [3.8, 4) is 22.6 Å². The maximum atomic E-state index is 12.9. The first-order valence-corrected chi connectivity index (χ1v) is 13.3. The SMILES string of the molecule is CS(=O)(=O)NC(=O)c1ccc(N2CCN(Cc3cc(OC(F)(F)F)cc(-c4cccc(O)c4)c3)CC2)nn1. The quantitative estimate of drug-likeness (QED) is 0.456. The van der Waals surface area contributed by atoms with Crippen molar-refractivity contribution in [1.29, 1.82) is 0 Å². The molecule has 1 saturated heterocycles. The molecule has 2 heterocycles. The Morgan fingerprint density at radius 2 is 1.76 bits per heavy atom. The number of benzene rings is 2. The highest BCUT2D eigenvalue weighted by atomic mass is 32.2. The molecule has 1 aliphatic heterocycles. The highest BCUT2D eigenvalue weighted by Gasteiger charge is 2.31. The number of aromatic hydroxyl groups is 1. The molecule has 0 aliphatic carbocycles. The summed E-state index contributed by atoms with van der Waals surface area (Å²) in [6.07, 6.45) is -3.98. The van der Waals surface area contributed by atoms with Crippen LogP contribution in [-0.4, -0.2) is 73.3 Å². The van der Waals surface area contributed by atoms with Crippen molar-refractivity contribution in [1.82, 2.24) is 19.8 Å². The third-order valence-electron chi connectivity index (χ3n) is 5.64. The zero-order chi connectivity index (χ0) is 27.5. The molecule has 4 rings (SSSR count). The van der Waals surface area contributed by atoms with Gasteiger partial charge < -0.3 is 14.7 Å². The van der Waals surface area contributed by atoms with Gasteiger partial charge in [-0.15, -0.1) is 23.4 Å². The van der Waals surface area contributed by atoms with Gasteiger partial charge in [-0.1, -0.05) is 12.1 Å². The van der Waals surface area contributed by atoms with E-state index in [1.54, 1.807) is 24.3 Å². The van der Waals surface area contributed by atoms with Gasteiger partial charge in [0.25, 0.3) is 5.91 Å². The topological polar surface area (TPSA) is 125 Å². The minimum atomic E-state index is -4.84. The molecule has 1 fully saturated rings. The molecule has 1 aliphatic rings. The first kappa shape index (κ1) is 27.1. The largest absolute Gasteiger partial charge is 0.573 e. The van der Waals surface area contributed by atoms with E-state index in [-0.39, 0.29) is 17.2 Å². The highest BCUT2D eigenvalue weighted by molar-refractivity contribution is 7.89. The Morgan fingerprint density at radius 3 is 2.37 bits per heavy atom. The van der Waals surface area contributed by atoms with E-state index in [0.717, 1.165) is 6.26 Å². The second-order valence-corrected chi connectivity index (χ2v) is 10.5. The number of halogens is 3. The number of anilines is 1. The molecule has 202 valence electrons. The number of carbonyl (C=O) groups is 1. The Balaban J connectivity index is 1.43. The van der Waals surface area contributed by atoms with Crippen LogP contribution in [0.4, 0.5) is 19.0 Å². The highest BCUT2D eigenvalue weighted by Crippen LogP contribution is 2.32. The monoisotopic (exact) mass is 551 g/mol. The fourth-order valence-electron chi connectivity index (χ4n) is 4.03. The molecule has 0 unspecified atom stereocenters. The second kappa shape index (κ2) is 10.8. The van der Waals surface area contributed by atoms with Crippen molar-refractivity contribution >= 4 is 21.7 Å². The number of nitrogens with zero attached hydrogens (tertiary/aromatic N) is 4.